The number of carbonyl (C=O) groups excluding carboxylic acids is 2. The lowest BCUT2D eigenvalue weighted by Gasteiger charge is -2.32. The van der Waals surface area contributed by atoms with Crippen LogP contribution in [0.2, 0.25) is 0 Å². The highest BCUT2D eigenvalue weighted by molar-refractivity contribution is 5.89. The lowest BCUT2D eigenvalue weighted by molar-refractivity contribution is -0.125. The molecule has 150 valence electrons. The number of likely N-dealkylation sites (tertiary alicyclic amines) is 1. The van der Waals surface area contributed by atoms with Crippen molar-refractivity contribution in [2.75, 3.05) is 25.0 Å². The average molecular weight is 378 g/mol. The molecule has 0 aromatic heterocycles. The first-order chi connectivity index (χ1) is 13.0. The Bertz CT molecular complexity index is 592. The molecule has 1 aliphatic rings. The normalized spacial score (nSPS) is 15.0. The van der Waals surface area contributed by atoms with Gasteiger partial charge in [-0.25, -0.2) is 9.18 Å². The fourth-order valence-electron chi connectivity index (χ4n) is 3.57. The maximum atomic E-state index is 12.9. The zero-order chi connectivity index (χ0) is 19.6. The van der Waals surface area contributed by atoms with Crippen LogP contribution in [-0.2, 0) is 4.79 Å². The molecule has 0 spiro atoms. The Morgan fingerprint density at radius 1 is 1.11 bits per heavy atom. The molecule has 2 rings (SSSR count). The van der Waals surface area contributed by atoms with Gasteiger partial charge >= 0.3 is 6.03 Å². The zero-order valence-electron chi connectivity index (χ0n) is 16.5. The number of halogens is 1. The van der Waals surface area contributed by atoms with E-state index in [1.54, 1.807) is 17.0 Å². The number of anilines is 1. The van der Waals surface area contributed by atoms with E-state index in [1.807, 2.05) is 0 Å². The lowest BCUT2D eigenvalue weighted by Crippen LogP contribution is -2.44. The van der Waals surface area contributed by atoms with E-state index in [9.17, 15) is 14.0 Å². The predicted octanol–water partition coefficient (Wildman–Crippen LogP) is 4.40. The molecular weight excluding hydrogens is 345 g/mol. The Kier molecular flexibility index (Phi) is 8.55. The molecule has 0 aliphatic carbocycles. The Balaban J connectivity index is 1.72. The summed E-state index contributed by atoms with van der Waals surface area (Å²) < 4.78 is 12.9. The van der Waals surface area contributed by atoms with Gasteiger partial charge in [-0.3, -0.25) is 4.79 Å². The molecule has 1 aliphatic heterocycles. The Hall–Kier alpha value is -2.11. The average Bonchev–Trinajstić information content (AvgIpc) is 2.68. The van der Waals surface area contributed by atoms with E-state index >= 15 is 0 Å². The molecule has 1 aromatic carbocycles. The Morgan fingerprint density at radius 2 is 1.70 bits per heavy atom. The first-order valence-corrected chi connectivity index (χ1v) is 10.1. The van der Waals surface area contributed by atoms with Crippen LogP contribution < -0.4 is 10.6 Å². The van der Waals surface area contributed by atoms with Crippen LogP contribution in [0.4, 0.5) is 14.9 Å². The van der Waals surface area contributed by atoms with Crippen molar-refractivity contribution in [1.82, 2.24) is 10.2 Å². The van der Waals surface area contributed by atoms with E-state index in [0.29, 0.717) is 31.2 Å². The predicted molar refractivity (Wildman–Crippen MR) is 106 cm³/mol. The third-order valence-electron chi connectivity index (χ3n) is 5.21. The third-order valence-corrected chi connectivity index (χ3v) is 5.21. The standard InChI is InChI=1S/C21H32FN3O2/c1-3-5-17(6-4-2)20(26)23-15-16-11-13-25(14-12-16)21(27)24-19-9-7-18(22)8-10-19/h7-10,16-17H,3-6,11-15H2,1-2H3,(H,23,26)(H,24,27). The van der Waals surface area contributed by atoms with Gasteiger partial charge in [-0.15, -0.1) is 0 Å². The number of hydrogen-bond acceptors (Lipinski definition) is 2. The largest absolute Gasteiger partial charge is 0.356 e. The highest BCUT2D eigenvalue weighted by Gasteiger charge is 2.24. The van der Waals surface area contributed by atoms with Crippen LogP contribution in [0.1, 0.15) is 52.4 Å². The minimum absolute atomic E-state index is 0.126. The van der Waals surface area contributed by atoms with Gasteiger partial charge < -0.3 is 15.5 Å². The van der Waals surface area contributed by atoms with Crippen molar-refractivity contribution in [3.8, 4) is 0 Å². The summed E-state index contributed by atoms with van der Waals surface area (Å²) in [4.78, 5) is 26.4. The summed E-state index contributed by atoms with van der Waals surface area (Å²) in [6, 6.07) is 5.61. The first kappa shape index (κ1) is 21.2. The second kappa shape index (κ2) is 10.9. The first-order valence-electron chi connectivity index (χ1n) is 10.1. The number of nitrogens with zero attached hydrogens (tertiary/aromatic N) is 1. The van der Waals surface area contributed by atoms with Gasteiger partial charge in [-0.2, -0.15) is 0 Å². The summed E-state index contributed by atoms with van der Waals surface area (Å²) in [6.07, 6.45) is 5.70. The summed E-state index contributed by atoms with van der Waals surface area (Å²) in [7, 11) is 0. The van der Waals surface area contributed by atoms with Gasteiger partial charge in [-0.1, -0.05) is 26.7 Å². The minimum atomic E-state index is -0.323. The van der Waals surface area contributed by atoms with E-state index < -0.39 is 0 Å². The van der Waals surface area contributed by atoms with E-state index in [1.165, 1.54) is 12.1 Å². The van der Waals surface area contributed by atoms with E-state index in [2.05, 4.69) is 24.5 Å². The van der Waals surface area contributed by atoms with Crippen molar-refractivity contribution in [2.45, 2.75) is 52.4 Å². The quantitative estimate of drug-likeness (QED) is 0.705. The number of carbonyl (C=O) groups is 2. The van der Waals surface area contributed by atoms with Crippen LogP contribution in [0.25, 0.3) is 0 Å². The van der Waals surface area contributed by atoms with Crippen LogP contribution in [-0.4, -0.2) is 36.5 Å². The molecule has 0 unspecified atom stereocenters. The molecule has 3 amide bonds. The minimum Gasteiger partial charge on any atom is -0.356 e. The van der Waals surface area contributed by atoms with Gasteiger partial charge in [0.2, 0.25) is 5.91 Å². The molecular formula is C21H32FN3O2. The van der Waals surface area contributed by atoms with E-state index in [-0.39, 0.29) is 23.7 Å². The number of rotatable bonds is 8. The fourth-order valence-corrected chi connectivity index (χ4v) is 3.57. The second-order valence-corrected chi connectivity index (χ2v) is 7.39. The molecule has 1 fully saturated rings. The van der Waals surface area contributed by atoms with Crippen molar-refractivity contribution in [2.24, 2.45) is 11.8 Å². The maximum Gasteiger partial charge on any atom is 0.321 e. The molecule has 27 heavy (non-hydrogen) atoms. The zero-order valence-corrected chi connectivity index (χ0v) is 16.5. The molecule has 0 radical (unpaired) electrons. The molecule has 0 atom stereocenters. The number of piperidine rings is 1. The van der Waals surface area contributed by atoms with Crippen molar-refractivity contribution in [3.05, 3.63) is 30.1 Å². The van der Waals surface area contributed by atoms with E-state index in [4.69, 9.17) is 0 Å². The van der Waals surface area contributed by atoms with Crippen LogP contribution in [0.5, 0.6) is 0 Å². The molecule has 1 aromatic rings. The van der Waals surface area contributed by atoms with Crippen molar-refractivity contribution >= 4 is 17.6 Å². The van der Waals surface area contributed by atoms with Gasteiger partial charge in [0.15, 0.2) is 0 Å². The molecule has 6 heteroatoms. The summed E-state index contributed by atoms with van der Waals surface area (Å²) in [6.45, 7) is 6.25. The smallest absolute Gasteiger partial charge is 0.321 e. The molecule has 5 nitrogen and oxygen atoms in total. The highest BCUT2D eigenvalue weighted by Crippen LogP contribution is 2.19. The molecule has 2 N–H and O–H groups in total. The lowest BCUT2D eigenvalue weighted by atomic mass is 9.95. The number of urea groups is 1. The van der Waals surface area contributed by atoms with Crippen molar-refractivity contribution in [1.29, 1.82) is 0 Å². The van der Waals surface area contributed by atoms with Gasteiger partial charge in [0.1, 0.15) is 5.82 Å². The van der Waals surface area contributed by atoms with E-state index in [0.717, 1.165) is 38.5 Å². The van der Waals surface area contributed by atoms with Gasteiger partial charge in [0, 0.05) is 31.2 Å². The van der Waals surface area contributed by atoms with Crippen LogP contribution in [0.15, 0.2) is 24.3 Å². The number of benzene rings is 1. The fraction of sp³-hybridized carbons (Fsp3) is 0.619. The van der Waals surface area contributed by atoms with Gasteiger partial charge in [-0.05, 0) is 55.9 Å². The number of nitrogens with one attached hydrogen (secondary N) is 2. The molecule has 1 heterocycles. The van der Waals surface area contributed by atoms with Crippen molar-refractivity contribution < 1.29 is 14.0 Å². The summed E-state index contributed by atoms with van der Waals surface area (Å²) in [5.74, 6) is 0.389. The van der Waals surface area contributed by atoms with Crippen LogP contribution in [0, 0.1) is 17.7 Å². The SMILES string of the molecule is CCCC(CCC)C(=O)NCC1CCN(C(=O)Nc2ccc(F)cc2)CC1. The monoisotopic (exact) mass is 377 g/mol. The Morgan fingerprint density at radius 3 is 2.26 bits per heavy atom. The van der Waals surface area contributed by atoms with Crippen LogP contribution in [0.3, 0.4) is 0 Å². The summed E-state index contributed by atoms with van der Waals surface area (Å²) >= 11 is 0. The van der Waals surface area contributed by atoms with Crippen molar-refractivity contribution in [3.63, 3.8) is 0 Å². The van der Waals surface area contributed by atoms with Gasteiger partial charge in [0.05, 0.1) is 0 Å². The molecule has 0 bridgehead atoms. The van der Waals surface area contributed by atoms with Crippen LogP contribution >= 0.6 is 0 Å². The summed E-state index contributed by atoms with van der Waals surface area (Å²) in [5.41, 5.74) is 0.591. The number of hydrogen-bond donors (Lipinski definition) is 2. The molecule has 0 saturated carbocycles. The second-order valence-electron chi connectivity index (χ2n) is 7.39. The number of amides is 3. The third kappa shape index (κ3) is 6.85. The Labute approximate surface area is 161 Å². The molecule has 1 saturated heterocycles. The van der Waals surface area contributed by atoms with Gasteiger partial charge in [0.25, 0.3) is 0 Å². The maximum absolute atomic E-state index is 12.9. The summed E-state index contributed by atoms with van der Waals surface area (Å²) in [5, 5.41) is 5.92. The topological polar surface area (TPSA) is 61.4 Å². The highest BCUT2D eigenvalue weighted by atomic mass is 19.1.